The molecule has 0 aromatic carbocycles. The summed E-state index contributed by atoms with van der Waals surface area (Å²) in [5, 5.41) is 3.33. The fourth-order valence-electron chi connectivity index (χ4n) is 2.04. The van der Waals surface area contributed by atoms with Crippen molar-refractivity contribution in [2.24, 2.45) is 5.92 Å². The topological polar surface area (TPSA) is 99.4 Å². The zero-order valence-corrected chi connectivity index (χ0v) is 16.0. The van der Waals surface area contributed by atoms with Gasteiger partial charge in [-0.05, 0) is 6.42 Å². The van der Waals surface area contributed by atoms with E-state index in [9.17, 15) is 4.79 Å². The molecule has 0 amide bonds. The van der Waals surface area contributed by atoms with Gasteiger partial charge in [-0.2, -0.15) is 18.5 Å². The number of aromatic nitrogens is 2. The minimum absolute atomic E-state index is 0. The molecule has 0 saturated carbocycles. The van der Waals surface area contributed by atoms with Gasteiger partial charge in [-0.1, -0.05) is 33.6 Å². The molecule has 0 spiro atoms. The number of unbranched alkanes of at least 4 members (excludes halogenated alkanes) is 1. The van der Waals surface area contributed by atoms with E-state index >= 15 is 0 Å². The van der Waals surface area contributed by atoms with Gasteiger partial charge in [0.05, 0.1) is 25.8 Å². The lowest BCUT2D eigenvalue weighted by atomic mass is 10.1. The monoisotopic (exact) mass is 358 g/mol. The van der Waals surface area contributed by atoms with E-state index in [1.54, 1.807) is 13.3 Å². The van der Waals surface area contributed by atoms with E-state index in [4.69, 9.17) is 15.2 Å². The first kappa shape index (κ1) is 22.3. The molecule has 8 heteroatoms. The molecule has 0 aliphatic carbocycles. The van der Waals surface area contributed by atoms with Gasteiger partial charge in [0, 0.05) is 12.5 Å². The number of hydrogen-bond acceptors (Lipinski definition) is 7. The molecule has 138 valence electrons. The second-order valence-electron chi connectivity index (χ2n) is 5.74. The molecule has 0 saturated heterocycles. The van der Waals surface area contributed by atoms with Crippen LogP contribution in [0.25, 0.3) is 0 Å². The van der Waals surface area contributed by atoms with Gasteiger partial charge in [-0.3, -0.25) is 4.79 Å². The molecule has 3 N–H and O–H groups in total. The number of nitrogens with zero attached hydrogens (tertiary/aromatic N) is 2. The standard InChI is InChI=1S/C16H28N4O3.H2S/c1-5-6-7-12(8-9-23-15(21)11(2)3)19-14-13(22-4)10-18-16(17)20-14;/h10-12H,5-9H2,1-4H3,(H3,17,18,19,20);1H2/t12-;/m0./s1. The van der Waals surface area contributed by atoms with Gasteiger partial charge >= 0.3 is 5.97 Å². The highest BCUT2D eigenvalue weighted by molar-refractivity contribution is 7.59. The number of methoxy groups -OCH3 is 1. The maximum atomic E-state index is 11.5. The van der Waals surface area contributed by atoms with Crippen LogP contribution in [0.2, 0.25) is 0 Å². The Morgan fingerprint density at radius 1 is 1.38 bits per heavy atom. The third-order valence-electron chi connectivity index (χ3n) is 3.42. The Morgan fingerprint density at radius 2 is 2.08 bits per heavy atom. The van der Waals surface area contributed by atoms with Crippen LogP contribution >= 0.6 is 13.5 Å². The smallest absolute Gasteiger partial charge is 0.308 e. The summed E-state index contributed by atoms with van der Waals surface area (Å²) in [5.74, 6) is 1.01. The fraction of sp³-hybridized carbons (Fsp3) is 0.688. The van der Waals surface area contributed by atoms with Crippen molar-refractivity contribution in [2.45, 2.75) is 52.5 Å². The molecular weight excluding hydrogens is 328 g/mol. The van der Waals surface area contributed by atoms with Crippen LogP contribution in [0, 0.1) is 5.92 Å². The first-order valence-electron chi connectivity index (χ1n) is 8.07. The molecule has 0 aliphatic heterocycles. The zero-order valence-electron chi connectivity index (χ0n) is 15.0. The maximum absolute atomic E-state index is 11.5. The van der Waals surface area contributed by atoms with Crippen molar-refractivity contribution in [1.29, 1.82) is 0 Å². The molecule has 24 heavy (non-hydrogen) atoms. The third-order valence-corrected chi connectivity index (χ3v) is 3.42. The lowest BCUT2D eigenvalue weighted by Crippen LogP contribution is -2.24. The SMILES string of the molecule is CCCC[C@@H](CCOC(=O)C(C)C)Nc1nc(N)ncc1OC.S. The molecule has 0 fully saturated rings. The van der Waals surface area contributed by atoms with Crippen molar-refractivity contribution in [3.8, 4) is 5.75 Å². The Labute approximate surface area is 151 Å². The number of hydrogen-bond donors (Lipinski definition) is 2. The minimum Gasteiger partial charge on any atom is -0.491 e. The highest BCUT2D eigenvalue weighted by atomic mass is 32.1. The van der Waals surface area contributed by atoms with E-state index in [2.05, 4.69) is 22.2 Å². The summed E-state index contributed by atoms with van der Waals surface area (Å²) in [4.78, 5) is 19.6. The fourth-order valence-corrected chi connectivity index (χ4v) is 2.04. The first-order chi connectivity index (χ1) is 11.0. The molecular formula is C16H30N4O3S. The third kappa shape index (κ3) is 7.72. The van der Waals surface area contributed by atoms with Gasteiger partial charge in [-0.15, -0.1) is 0 Å². The molecule has 0 unspecified atom stereocenters. The zero-order chi connectivity index (χ0) is 17.2. The lowest BCUT2D eigenvalue weighted by molar-refractivity contribution is -0.147. The molecule has 0 bridgehead atoms. The van der Waals surface area contributed by atoms with Gasteiger partial charge in [0.25, 0.3) is 0 Å². The van der Waals surface area contributed by atoms with Crippen molar-refractivity contribution in [3.05, 3.63) is 6.20 Å². The van der Waals surface area contributed by atoms with E-state index in [1.165, 1.54) is 0 Å². The van der Waals surface area contributed by atoms with Crippen molar-refractivity contribution in [1.82, 2.24) is 9.97 Å². The number of ether oxygens (including phenoxy) is 2. The molecule has 1 aromatic heterocycles. The molecule has 1 aromatic rings. The number of rotatable bonds is 10. The van der Waals surface area contributed by atoms with Crippen molar-refractivity contribution in [2.75, 3.05) is 24.8 Å². The molecule has 1 heterocycles. The summed E-state index contributed by atoms with van der Waals surface area (Å²) in [6.45, 7) is 6.16. The maximum Gasteiger partial charge on any atom is 0.308 e. The first-order valence-corrected chi connectivity index (χ1v) is 8.07. The summed E-state index contributed by atoms with van der Waals surface area (Å²) >= 11 is 0. The number of anilines is 2. The van der Waals surface area contributed by atoms with Crippen LogP contribution in [0.3, 0.4) is 0 Å². The number of esters is 1. The van der Waals surface area contributed by atoms with Crippen LogP contribution in [0.4, 0.5) is 11.8 Å². The van der Waals surface area contributed by atoms with Gasteiger partial charge in [0.2, 0.25) is 5.95 Å². The second-order valence-corrected chi connectivity index (χ2v) is 5.74. The highest BCUT2D eigenvalue weighted by Crippen LogP contribution is 2.23. The van der Waals surface area contributed by atoms with Crippen LogP contribution in [0.1, 0.15) is 46.5 Å². The average Bonchev–Trinajstić information content (AvgIpc) is 2.52. The number of carbonyl (C=O) groups is 1. The number of nitrogens with two attached hydrogens (primary N) is 1. The van der Waals surface area contributed by atoms with Crippen LogP contribution < -0.4 is 15.8 Å². The van der Waals surface area contributed by atoms with Crippen LogP contribution in [-0.2, 0) is 9.53 Å². The normalized spacial score (nSPS) is 11.5. The minimum atomic E-state index is -0.178. The van der Waals surface area contributed by atoms with Crippen LogP contribution in [0.15, 0.2) is 6.20 Å². The second kappa shape index (κ2) is 11.8. The van der Waals surface area contributed by atoms with Crippen molar-refractivity contribution >= 4 is 31.2 Å². The van der Waals surface area contributed by atoms with E-state index in [0.717, 1.165) is 19.3 Å². The largest absolute Gasteiger partial charge is 0.491 e. The van der Waals surface area contributed by atoms with Crippen molar-refractivity contribution < 1.29 is 14.3 Å². The Morgan fingerprint density at radius 3 is 2.67 bits per heavy atom. The highest BCUT2D eigenvalue weighted by Gasteiger charge is 2.15. The quantitative estimate of drug-likeness (QED) is 0.620. The molecule has 1 atom stereocenters. The number of nitrogen functional groups attached to an aromatic ring is 1. The molecule has 0 radical (unpaired) electrons. The Balaban J connectivity index is 0.00000529. The summed E-state index contributed by atoms with van der Waals surface area (Å²) < 4.78 is 10.5. The summed E-state index contributed by atoms with van der Waals surface area (Å²) in [7, 11) is 1.56. The number of nitrogens with one attached hydrogen (secondary N) is 1. The summed E-state index contributed by atoms with van der Waals surface area (Å²) in [6.07, 6.45) is 5.35. The predicted molar refractivity (Wildman–Crippen MR) is 101 cm³/mol. The van der Waals surface area contributed by atoms with Crippen LogP contribution in [-0.4, -0.2) is 35.7 Å². The number of carbonyl (C=O) groups excluding carboxylic acids is 1. The summed E-state index contributed by atoms with van der Waals surface area (Å²) in [5.41, 5.74) is 5.64. The van der Waals surface area contributed by atoms with E-state index in [-0.39, 0.29) is 37.4 Å². The molecule has 1 rings (SSSR count). The lowest BCUT2D eigenvalue weighted by Gasteiger charge is -2.20. The van der Waals surface area contributed by atoms with E-state index in [1.807, 2.05) is 13.8 Å². The predicted octanol–water partition coefficient (Wildman–Crippen LogP) is 2.74. The van der Waals surface area contributed by atoms with Crippen LogP contribution in [0.5, 0.6) is 5.75 Å². The van der Waals surface area contributed by atoms with Crippen molar-refractivity contribution in [3.63, 3.8) is 0 Å². The molecule has 7 nitrogen and oxygen atoms in total. The Bertz CT molecular complexity index is 500. The average molecular weight is 359 g/mol. The van der Waals surface area contributed by atoms with Gasteiger partial charge in [0.1, 0.15) is 0 Å². The summed E-state index contributed by atoms with van der Waals surface area (Å²) in [6, 6.07) is 0.123. The van der Waals surface area contributed by atoms with Gasteiger partial charge in [0.15, 0.2) is 11.6 Å². The Kier molecular flexibility index (Phi) is 10.9. The van der Waals surface area contributed by atoms with Gasteiger partial charge in [-0.25, -0.2) is 4.98 Å². The van der Waals surface area contributed by atoms with Gasteiger partial charge < -0.3 is 20.5 Å². The Hall–Kier alpha value is -1.70. The van der Waals surface area contributed by atoms with E-state index < -0.39 is 0 Å². The molecule has 0 aliphatic rings. The van der Waals surface area contributed by atoms with E-state index in [0.29, 0.717) is 24.6 Å².